The van der Waals surface area contributed by atoms with Gasteiger partial charge >= 0.3 is 9.66 Å². The van der Waals surface area contributed by atoms with Gasteiger partial charge in [0, 0.05) is 6.08 Å². The highest BCUT2D eigenvalue weighted by Crippen LogP contribution is 2.59. The Morgan fingerprint density at radius 2 is 1.50 bits per heavy atom. The van der Waals surface area contributed by atoms with E-state index in [4.69, 9.17) is 0 Å². The summed E-state index contributed by atoms with van der Waals surface area (Å²) in [7, 11) is 0. The second kappa shape index (κ2) is 4.46. The van der Waals surface area contributed by atoms with Crippen LogP contribution in [0.4, 0.5) is 35.1 Å². The summed E-state index contributed by atoms with van der Waals surface area (Å²) in [5.74, 6) is -10.9. The Balaban J connectivity index is 3.55. The summed E-state index contributed by atoms with van der Waals surface area (Å²) < 4.78 is 105. The first-order chi connectivity index (χ1) is 7.83. The standard InChI is InChI=1S/C8H2Br2F8/c9-7(15,16)5-4(13)2(11)1-3(12)6(5,14)8(10,17)18/h1,5H. The van der Waals surface area contributed by atoms with E-state index in [1.54, 1.807) is 0 Å². The van der Waals surface area contributed by atoms with E-state index in [2.05, 4.69) is 0 Å². The molecular formula is C8H2Br2F8. The fourth-order valence-electron chi connectivity index (χ4n) is 1.40. The molecule has 0 radical (unpaired) electrons. The normalized spacial score (nSPS) is 30.6. The lowest BCUT2D eigenvalue weighted by molar-refractivity contribution is -0.125. The molecule has 0 spiro atoms. The van der Waals surface area contributed by atoms with E-state index in [1.807, 2.05) is 0 Å². The van der Waals surface area contributed by atoms with Gasteiger partial charge < -0.3 is 0 Å². The highest BCUT2D eigenvalue weighted by atomic mass is 79.9. The first-order valence-electron chi connectivity index (χ1n) is 4.08. The van der Waals surface area contributed by atoms with Crippen molar-refractivity contribution in [2.75, 3.05) is 0 Å². The van der Waals surface area contributed by atoms with Crippen LogP contribution in [0.2, 0.25) is 0 Å². The maximum atomic E-state index is 13.9. The van der Waals surface area contributed by atoms with Crippen LogP contribution in [0.5, 0.6) is 0 Å². The minimum Gasteiger partial charge on any atom is -0.227 e. The molecule has 10 heteroatoms. The Bertz CT molecular complexity index is 418. The van der Waals surface area contributed by atoms with E-state index in [-0.39, 0.29) is 0 Å². The minimum absolute atomic E-state index is 0.542. The zero-order valence-electron chi connectivity index (χ0n) is 7.93. The fourth-order valence-corrected chi connectivity index (χ4v) is 2.34. The number of halogens is 10. The first-order valence-corrected chi connectivity index (χ1v) is 5.67. The molecule has 0 nitrogen and oxygen atoms in total. The third-order valence-electron chi connectivity index (χ3n) is 2.22. The third kappa shape index (κ3) is 2.33. The minimum atomic E-state index is -4.87. The predicted octanol–water partition coefficient (Wildman–Crippen LogP) is 5.30. The number of alkyl halides is 7. The van der Waals surface area contributed by atoms with E-state index in [0.29, 0.717) is 0 Å². The smallest absolute Gasteiger partial charge is 0.227 e. The van der Waals surface area contributed by atoms with E-state index >= 15 is 0 Å². The van der Waals surface area contributed by atoms with Gasteiger partial charge in [-0.25, -0.2) is 17.6 Å². The molecule has 2 unspecified atom stereocenters. The van der Waals surface area contributed by atoms with Gasteiger partial charge in [0.1, 0.15) is 17.6 Å². The van der Waals surface area contributed by atoms with Crippen LogP contribution in [-0.2, 0) is 0 Å². The second-order valence-electron chi connectivity index (χ2n) is 3.37. The topological polar surface area (TPSA) is 0 Å². The molecule has 18 heavy (non-hydrogen) atoms. The summed E-state index contributed by atoms with van der Waals surface area (Å²) in [4.78, 5) is -9.51. The number of hydrogen-bond donors (Lipinski definition) is 0. The molecule has 0 amide bonds. The summed E-state index contributed by atoms with van der Waals surface area (Å²) in [6.45, 7) is 0. The van der Waals surface area contributed by atoms with Gasteiger partial charge in [-0.05, 0) is 31.9 Å². The summed E-state index contributed by atoms with van der Waals surface area (Å²) in [5.41, 5.74) is -4.76. The zero-order valence-corrected chi connectivity index (χ0v) is 11.1. The molecule has 1 rings (SSSR count). The summed E-state index contributed by atoms with van der Waals surface area (Å²) in [6.07, 6.45) is -0.542. The Kier molecular flexibility index (Phi) is 3.95. The van der Waals surface area contributed by atoms with Crippen LogP contribution in [-0.4, -0.2) is 15.3 Å². The lowest BCUT2D eigenvalue weighted by Gasteiger charge is -2.38. The lowest BCUT2D eigenvalue weighted by atomic mass is 9.83. The quantitative estimate of drug-likeness (QED) is 0.428. The molecule has 0 saturated heterocycles. The van der Waals surface area contributed by atoms with Gasteiger partial charge in [-0.15, -0.1) is 0 Å². The summed E-state index contributed by atoms with van der Waals surface area (Å²) >= 11 is 2.80. The van der Waals surface area contributed by atoms with Crippen molar-refractivity contribution in [1.29, 1.82) is 0 Å². The van der Waals surface area contributed by atoms with Crippen molar-refractivity contribution in [2.45, 2.75) is 15.3 Å². The van der Waals surface area contributed by atoms with Crippen LogP contribution in [0.25, 0.3) is 0 Å². The van der Waals surface area contributed by atoms with Crippen molar-refractivity contribution in [1.82, 2.24) is 0 Å². The van der Waals surface area contributed by atoms with Crippen LogP contribution in [0.15, 0.2) is 23.6 Å². The average Bonchev–Trinajstić information content (AvgIpc) is 2.11. The van der Waals surface area contributed by atoms with Crippen LogP contribution >= 0.6 is 31.9 Å². The molecule has 0 aromatic heterocycles. The highest BCUT2D eigenvalue weighted by Gasteiger charge is 2.71. The van der Waals surface area contributed by atoms with E-state index in [9.17, 15) is 35.1 Å². The van der Waals surface area contributed by atoms with Crippen LogP contribution in [0.1, 0.15) is 0 Å². The molecule has 0 aromatic rings. The SMILES string of the molecule is FC1=CC(F)=C(F)C(C(F)(F)Br)C1(F)C(F)(F)Br. The van der Waals surface area contributed by atoms with Crippen LogP contribution in [0, 0.1) is 5.92 Å². The maximum absolute atomic E-state index is 13.9. The third-order valence-corrected chi connectivity index (χ3v) is 3.26. The summed E-state index contributed by atoms with van der Waals surface area (Å²) in [6, 6.07) is 0. The first kappa shape index (κ1) is 15.9. The van der Waals surface area contributed by atoms with Crippen molar-refractivity contribution in [3.05, 3.63) is 23.6 Å². The molecular weight excluding hydrogens is 408 g/mol. The molecule has 0 aromatic carbocycles. The molecule has 0 saturated carbocycles. The molecule has 0 aliphatic heterocycles. The Labute approximate surface area is 112 Å². The van der Waals surface area contributed by atoms with Crippen LogP contribution in [0.3, 0.4) is 0 Å². The Morgan fingerprint density at radius 3 is 1.83 bits per heavy atom. The molecule has 2 atom stereocenters. The predicted molar refractivity (Wildman–Crippen MR) is 53.5 cm³/mol. The van der Waals surface area contributed by atoms with E-state index < -0.39 is 44.8 Å². The van der Waals surface area contributed by atoms with Gasteiger partial charge in [0.05, 0.1) is 0 Å². The van der Waals surface area contributed by atoms with Crippen molar-refractivity contribution >= 4 is 31.9 Å². The molecule has 104 valence electrons. The Hall–Kier alpha value is -0.120. The second-order valence-corrected chi connectivity index (χ2v) is 5.43. The van der Waals surface area contributed by atoms with Gasteiger partial charge in [-0.1, -0.05) is 0 Å². The number of rotatable bonds is 2. The van der Waals surface area contributed by atoms with Crippen LogP contribution < -0.4 is 0 Å². The van der Waals surface area contributed by atoms with Crippen molar-refractivity contribution in [3.63, 3.8) is 0 Å². The van der Waals surface area contributed by atoms with Crippen molar-refractivity contribution in [2.24, 2.45) is 5.92 Å². The largest absolute Gasteiger partial charge is 0.342 e. The van der Waals surface area contributed by atoms with Gasteiger partial charge in [0.2, 0.25) is 0 Å². The lowest BCUT2D eigenvalue weighted by Crippen LogP contribution is -2.53. The van der Waals surface area contributed by atoms with E-state index in [1.165, 1.54) is 31.9 Å². The molecule has 0 bridgehead atoms. The fraction of sp³-hybridized carbons (Fsp3) is 0.500. The van der Waals surface area contributed by atoms with Gasteiger partial charge in [0.15, 0.2) is 5.83 Å². The average molecular weight is 410 g/mol. The number of hydrogen-bond acceptors (Lipinski definition) is 0. The van der Waals surface area contributed by atoms with Gasteiger partial charge in [-0.2, -0.15) is 17.6 Å². The monoisotopic (exact) mass is 408 g/mol. The molecule has 0 fully saturated rings. The van der Waals surface area contributed by atoms with Crippen molar-refractivity contribution in [3.8, 4) is 0 Å². The molecule has 1 aliphatic rings. The van der Waals surface area contributed by atoms with Crippen molar-refractivity contribution < 1.29 is 35.1 Å². The van der Waals surface area contributed by atoms with Gasteiger partial charge in [-0.3, -0.25) is 0 Å². The molecule has 1 aliphatic carbocycles. The Morgan fingerprint density at radius 1 is 1.06 bits per heavy atom. The number of allylic oxidation sites excluding steroid dienone is 4. The van der Waals surface area contributed by atoms with E-state index in [0.717, 1.165) is 0 Å². The summed E-state index contributed by atoms with van der Waals surface area (Å²) in [5, 5.41) is 0. The maximum Gasteiger partial charge on any atom is 0.342 e. The zero-order chi connectivity index (χ0) is 14.5. The van der Waals surface area contributed by atoms with Gasteiger partial charge in [0.25, 0.3) is 5.67 Å². The molecule has 0 heterocycles. The highest BCUT2D eigenvalue weighted by molar-refractivity contribution is 9.10. The molecule has 0 N–H and O–H groups in total.